The lowest BCUT2D eigenvalue weighted by Crippen LogP contribution is -2.49. The third-order valence-corrected chi connectivity index (χ3v) is 8.32. The van der Waals surface area contributed by atoms with Gasteiger partial charge in [0.05, 0.1) is 19.8 Å². The maximum Gasteiger partial charge on any atom is 0.190 e. The van der Waals surface area contributed by atoms with Crippen LogP contribution in [0.4, 0.5) is 0 Å². The molecule has 2 aromatic rings. The summed E-state index contributed by atoms with van der Waals surface area (Å²) in [5.74, 6) is -2.47. The molecular formula is C35H46O10. The van der Waals surface area contributed by atoms with E-state index in [0.717, 1.165) is 11.1 Å². The average molecular weight is 627 g/mol. The third kappa shape index (κ3) is 7.85. The molecular weight excluding hydrogens is 580 g/mol. The molecule has 4 fully saturated rings. The molecule has 0 aliphatic carbocycles. The summed E-state index contributed by atoms with van der Waals surface area (Å²) < 4.78 is 56.0. The minimum atomic E-state index is -1.09. The van der Waals surface area contributed by atoms with Gasteiger partial charge >= 0.3 is 0 Å². The number of benzene rings is 2. The number of fused-ring (bicyclic) bond motifs is 1. The van der Waals surface area contributed by atoms with E-state index in [1.807, 2.05) is 102 Å². The van der Waals surface area contributed by atoms with E-state index >= 15 is 0 Å². The second-order valence-corrected chi connectivity index (χ2v) is 13.4. The Morgan fingerprint density at radius 3 is 2.04 bits per heavy atom. The molecule has 0 bridgehead atoms. The highest BCUT2D eigenvalue weighted by atomic mass is 16.8. The normalized spacial score (nSPS) is 34.7. The van der Waals surface area contributed by atoms with E-state index in [2.05, 4.69) is 0 Å². The highest BCUT2D eigenvalue weighted by Crippen LogP contribution is 2.41. The van der Waals surface area contributed by atoms with Crippen LogP contribution in [0.3, 0.4) is 0 Å². The number of hydrogen-bond acceptors (Lipinski definition) is 10. The molecule has 0 aromatic heterocycles. The first-order valence-electron chi connectivity index (χ1n) is 15.7. The van der Waals surface area contributed by atoms with Crippen LogP contribution in [0, 0.1) is 0 Å². The van der Waals surface area contributed by atoms with Gasteiger partial charge in [0.15, 0.2) is 23.7 Å². The summed E-state index contributed by atoms with van der Waals surface area (Å²) in [5, 5.41) is 11.7. The zero-order valence-corrected chi connectivity index (χ0v) is 26.9. The highest BCUT2D eigenvalue weighted by Gasteiger charge is 2.56. The van der Waals surface area contributed by atoms with Crippen molar-refractivity contribution >= 4 is 0 Å². The Bertz CT molecular complexity index is 1280. The molecule has 0 radical (unpaired) electrons. The van der Waals surface area contributed by atoms with Crippen LogP contribution in [0.5, 0.6) is 0 Å². The first kappa shape index (κ1) is 32.7. The molecule has 4 heterocycles. The van der Waals surface area contributed by atoms with Gasteiger partial charge in [0, 0.05) is 0 Å². The van der Waals surface area contributed by atoms with E-state index in [1.54, 1.807) is 12.2 Å². The van der Waals surface area contributed by atoms with Crippen molar-refractivity contribution in [2.75, 3.05) is 6.61 Å². The molecule has 4 aliphatic heterocycles. The van der Waals surface area contributed by atoms with Gasteiger partial charge in [-0.05, 0) is 52.7 Å². The van der Waals surface area contributed by atoms with Crippen LogP contribution in [0.15, 0.2) is 72.8 Å². The topological polar surface area (TPSA) is 103 Å². The number of rotatable bonds is 11. The first-order valence-corrected chi connectivity index (χ1v) is 15.7. The molecule has 10 heteroatoms. The van der Waals surface area contributed by atoms with E-state index in [1.165, 1.54) is 0 Å². The van der Waals surface area contributed by atoms with E-state index in [0.29, 0.717) is 13.2 Å². The Kier molecular flexibility index (Phi) is 9.53. The van der Waals surface area contributed by atoms with Crippen LogP contribution < -0.4 is 0 Å². The van der Waals surface area contributed by atoms with E-state index in [9.17, 15) is 5.11 Å². The van der Waals surface area contributed by atoms with E-state index in [-0.39, 0.29) is 6.61 Å². The fourth-order valence-electron chi connectivity index (χ4n) is 6.34. The van der Waals surface area contributed by atoms with Crippen molar-refractivity contribution in [3.8, 4) is 0 Å². The van der Waals surface area contributed by atoms with Gasteiger partial charge in [0.25, 0.3) is 0 Å². The number of hydrogen-bond donors (Lipinski definition) is 1. The summed E-state index contributed by atoms with van der Waals surface area (Å²) in [6.45, 7) is 12.1. The van der Waals surface area contributed by atoms with Gasteiger partial charge in [-0.3, -0.25) is 0 Å². The summed E-state index contributed by atoms with van der Waals surface area (Å²) in [6.07, 6.45) is -2.07. The maximum absolute atomic E-state index is 11.7. The monoisotopic (exact) mass is 626 g/mol. The van der Waals surface area contributed by atoms with Crippen LogP contribution in [0.2, 0.25) is 0 Å². The molecule has 9 atom stereocenters. The second-order valence-electron chi connectivity index (χ2n) is 13.4. The zero-order valence-electron chi connectivity index (χ0n) is 26.9. The van der Waals surface area contributed by atoms with E-state index in [4.69, 9.17) is 42.6 Å². The molecule has 4 aliphatic rings. The number of aliphatic hydroxyl groups excluding tert-OH is 1. The summed E-state index contributed by atoms with van der Waals surface area (Å²) in [6, 6.07) is 19.7. The van der Waals surface area contributed by atoms with Crippen LogP contribution in [-0.2, 0) is 55.8 Å². The molecule has 0 saturated carbocycles. The largest absolute Gasteiger partial charge is 0.386 e. The summed E-state index contributed by atoms with van der Waals surface area (Å²) in [7, 11) is 0. The van der Waals surface area contributed by atoms with Crippen molar-refractivity contribution in [2.24, 2.45) is 0 Å². The predicted octanol–water partition coefficient (Wildman–Crippen LogP) is 4.62. The minimum absolute atomic E-state index is 0.264. The van der Waals surface area contributed by atoms with Crippen molar-refractivity contribution in [1.29, 1.82) is 0 Å². The Balaban J connectivity index is 1.22. The highest BCUT2D eigenvalue weighted by molar-refractivity contribution is 5.15. The lowest BCUT2D eigenvalue weighted by atomic mass is 9.98. The van der Waals surface area contributed by atoms with Gasteiger partial charge in [-0.1, -0.05) is 72.8 Å². The Hall–Kier alpha value is -2.22. The van der Waals surface area contributed by atoms with Crippen molar-refractivity contribution < 1.29 is 47.7 Å². The van der Waals surface area contributed by atoms with Gasteiger partial charge in [-0.2, -0.15) is 0 Å². The summed E-state index contributed by atoms with van der Waals surface area (Å²) in [5.41, 5.74) is 2.00. The predicted molar refractivity (Wildman–Crippen MR) is 163 cm³/mol. The summed E-state index contributed by atoms with van der Waals surface area (Å²) >= 11 is 0. The molecule has 6 rings (SSSR count). The van der Waals surface area contributed by atoms with Crippen molar-refractivity contribution in [3.05, 3.63) is 83.9 Å². The SMILES string of the molecule is CC1(C)O[C@H]2O[C@H](/C=C/C(O)[C@H](OCc3ccccc3)[C@H]3OC(C)(C)O[C@@H]3[C@H]3COC(C)(C)O3)[C@H](OCc3ccccc3)[C@H]2O1. The third-order valence-electron chi connectivity index (χ3n) is 8.32. The molecule has 246 valence electrons. The number of ether oxygens (including phenoxy) is 9. The molecule has 10 nitrogen and oxygen atoms in total. The average Bonchev–Trinajstić information content (AvgIpc) is 3.70. The van der Waals surface area contributed by atoms with Gasteiger partial charge in [0.2, 0.25) is 0 Å². The van der Waals surface area contributed by atoms with Crippen LogP contribution in [-0.4, -0.2) is 84.2 Å². The zero-order chi connectivity index (χ0) is 31.8. The lowest BCUT2D eigenvalue weighted by Gasteiger charge is -2.31. The van der Waals surface area contributed by atoms with Crippen LogP contribution in [0.1, 0.15) is 52.7 Å². The van der Waals surface area contributed by atoms with Gasteiger partial charge in [-0.15, -0.1) is 0 Å². The smallest absolute Gasteiger partial charge is 0.190 e. The quantitative estimate of drug-likeness (QED) is 0.356. The Labute approximate surface area is 265 Å². The standard InChI is InChI=1S/C35H46O10/c1-33(2)39-21-26(41-33)29-30(43-34(3,4)42-29)27(37-19-22-13-9-7-10-14-22)24(36)17-18-25-28(38-20-23-15-11-8-12-16-23)31-32(40-25)45-35(5,6)44-31/h7-18,24-32,36H,19-21H2,1-6H3/b18-17+/t24?,25-,26-,27+,28+,29-,30-,31-,32-/m1/s1. The van der Waals surface area contributed by atoms with Crippen molar-refractivity contribution in [3.63, 3.8) is 0 Å². The van der Waals surface area contributed by atoms with Gasteiger partial charge in [-0.25, -0.2) is 0 Å². The van der Waals surface area contributed by atoms with Crippen LogP contribution in [0.25, 0.3) is 0 Å². The summed E-state index contributed by atoms with van der Waals surface area (Å²) in [4.78, 5) is 0. The molecule has 2 aromatic carbocycles. The van der Waals surface area contributed by atoms with Gasteiger partial charge < -0.3 is 47.7 Å². The Morgan fingerprint density at radius 2 is 1.40 bits per heavy atom. The molecule has 1 unspecified atom stereocenters. The van der Waals surface area contributed by atoms with E-state index < -0.39 is 72.5 Å². The van der Waals surface area contributed by atoms with Crippen molar-refractivity contribution in [1.82, 2.24) is 0 Å². The Morgan fingerprint density at radius 1 is 0.778 bits per heavy atom. The second kappa shape index (κ2) is 13.1. The molecule has 0 amide bonds. The fraction of sp³-hybridized carbons (Fsp3) is 0.600. The molecule has 0 spiro atoms. The van der Waals surface area contributed by atoms with Crippen LogP contribution >= 0.6 is 0 Å². The van der Waals surface area contributed by atoms with Gasteiger partial charge in [0.1, 0.15) is 48.8 Å². The molecule has 4 saturated heterocycles. The first-order chi connectivity index (χ1) is 21.4. The fourth-order valence-corrected chi connectivity index (χ4v) is 6.34. The lowest BCUT2D eigenvalue weighted by molar-refractivity contribution is -0.213. The molecule has 45 heavy (non-hydrogen) atoms. The number of aliphatic hydroxyl groups is 1. The van der Waals surface area contributed by atoms with Crippen molar-refractivity contribution in [2.45, 2.75) is 127 Å². The molecule has 1 N–H and O–H groups in total. The minimum Gasteiger partial charge on any atom is -0.386 e. The maximum atomic E-state index is 11.7.